The third kappa shape index (κ3) is 4.99. The summed E-state index contributed by atoms with van der Waals surface area (Å²) in [6, 6.07) is -1.15. The third-order valence-corrected chi connectivity index (χ3v) is 2.03. The highest BCUT2D eigenvalue weighted by Gasteiger charge is 2.23. The molecule has 0 aromatic rings. The van der Waals surface area contributed by atoms with Crippen LogP contribution in [0.25, 0.3) is 0 Å². The first-order valence-electron chi connectivity index (χ1n) is 4.31. The molecule has 0 aliphatic carbocycles. The first-order chi connectivity index (χ1) is 7.42. The molecule has 0 bridgehead atoms. The molecule has 0 unspecified atom stereocenters. The maximum atomic E-state index is 11.2. The van der Waals surface area contributed by atoms with Crippen molar-refractivity contribution in [3.63, 3.8) is 0 Å². The monoisotopic (exact) mass is 251 g/mol. The van der Waals surface area contributed by atoms with Crippen molar-refractivity contribution in [1.29, 1.82) is 0 Å². The zero-order valence-electron chi connectivity index (χ0n) is 8.54. The molecule has 0 fully saturated rings. The lowest BCUT2D eigenvalue weighted by Crippen LogP contribution is -2.43. The van der Waals surface area contributed by atoms with Crippen LogP contribution in [-0.4, -0.2) is 53.1 Å². The average Bonchev–Trinajstić information content (AvgIpc) is 2.23. The number of methoxy groups -OCH3 is 1. The molecule has 0 aliphatic rings. The van der Waals surface area contributed by atoms with Crippen LogP contribution in [0.15, 0.2) is 0 Å². The smallest absolute Gasteiger partial charge is 0.335 e. The van der Waals surface area contributed by atoms with E-state index in [2.05, 4.69) is 22.7 Å². The van der Waals surface area contributed by atoms with Crippen molar-refractivity contribution in [2.45, 2.75) is 18.6 Å². The summed E-state index contributed by atoms with van der Waals surface area (Å²) in [6.07, 6.45) is -2.15. The maximum Gasteiger partial charge on any atom is 0.335 e. The normalized spacial score (nSPS) is 13.7. The van der Waals surface area contributed by atoms with Crippen LogP contribution in [0.3, 0.4) is 0 Å². The fourth-order valence-corrected chi connectivity index (χ4v) is 1.08. The van der Waals surface area contributed by atoms with Gasteiger partial charge in [0.15, 0.2) is 6.10 Å². The van der Waals surface area contributed by atoms with Crippen LogP contribution >= 0.6 is 12.6 Å². The number of esters is 1. The van der Waals surface area contributed by atoms with E-state index in [0.29, 0.717) is 0 Å². The molecule has 0 rings (SSSR count). The standard InChI is InChI=1S/C8H13NO6S/c1-15-8(14)5(10)2-6(11)9-4(3-16)7(12)13/h4-5,10,16H,2-3H2,1H3,(H,9,11)(H,12,13)/t4-,5+/m0/s1. The molecule has 8 heteroatoms. The molecule has 0 aliphatic heterocycles. The number of aliphatic carboxylic acids is 1. The van der Waals surface area contributed by atoms with Crippen molar-refractivity contribution >= 4 is 30.5 Å². The average molecular weight is 251 g/mol. The molecule has 92 valence electrons. The van der Waals surface area contributed by atoms with Gasteiger partial charge in [0.1, 0.15) is 6.04 Å². The molecule has 0 radical (unpaired) electrons. The number of carbonyl (C=O) groups excluding carboxylic acids is 2. The molecule has 3 N–H and O–H groups in total. The van der Waals surface area contributed by atoms with Crippen molar-refractivity contribution in [2.75, 3.05) is 12.9 Å². The van der Waals surface area contributed by atoms with Crippen LogP contribution in [0.1, 0.15) is 6.42 Å². The molecule has 2 atom stereocenters. The Morgan fingerprint density at radius 2 is 2.00 bits per heavy atom. The highest BCUT2D eigenvalue weighted by Crippen LogP contribution is 1.96. The molecule has 0 heterocycles. The molecule has 0 spiro atoms. The number of carbonyl (C=O) groups is 3. The van der Waals surface area contributed by atoms with Crippen LogP contribution in [0.2, 0.25) is 0 Å². The van der Waals surface area contributed by atoms with Crippen LogP contribution in [-0.2, 0) is 19.1 Å². The van der Waals surface area contributed by atoms with Crippen molar-refractivity contribution in [3.8, 4) is 0 Å². The zero-order valence-corrected chi connectivity index (χ0v) is 9.44. The summed E-state index contributed by atoms with van der Waals surface area (Å²) in [5.74, 6) is -3.04. The number of ether oxygens (including phenoxy) is 1. The lowest BCUT2D eigenvalue weighted by Gasteiger charge is -2.13. The molecular weight excluding hydrogens is 238 g/mol. The van der Waals surface area contributed by atoms with Gasteiger partial charge in [-0.1, -0.05) is 0 Å². The second kappa shape index (κ2) is 7.07. The Kier molecular flexibility index (Phi) is 6.50. The minimum atomic E-state index is -1.60. The van der Waals surface area contributed by atoms with Gasteiger partial charge in [0, 0.05) is 5.75 Å². The summed E-state index contributed by atoms with van der Waals surface area (Å²) >= 11 is 3.73. The van der Waals surface area contributed by atoms with E-state index in [0.717, 1.165) is 7.11 Å². The second-order valence-electron chi connectivity index (χ2n) is 2.88. The van der Waals surface area contributed by atoms with Crippen molar-refractivity contribution in [3.05, 3.63) is 0 Å². The van der Waals surface area contributed by atoms with Crippen molar-refractivity contribution in [2.24, 2.45) is 0 Å². The van der Waals surface area contributed by atoms with E-state index in [1.807, 2.05) is 0 Å². The lowest BCUT2D eigenvalue weighted by molar-refractivity contribution is -0.152. The maximum absolute atomic E-state index is 11.2. The van der Waals surface area contributed by atoms with Crippen molar-refractivity contribution in [1.82, 2.24) is 5.32 Å². The quantitative estimate of drug-likeness (QED) is 0.334. The third-order valence-electron chi connectivity index (χ3n) is 1.67. The number of rotatable bonds is 6. The predicted octanol–water partition coefficient (Wildman–Crippen LogP) is -1.59. The van der Waals surface area contributed by atoms with Gasteiger partial charge in [0.2, 0.25) is 5.91 Å². The number of carboxylic acids is 1. The molecule has 1 amide bonds. The van der Waals surface area contributed by atoms with E-state index in [-0.39, 0.29) is 5.75 Å². The number of aliphatic hydroxyl groups is 1. The summed E-state index contributed by atoms with van der Waals surface area (Å²) in [5.41, 5.74) is 0. The van der Waals surface area contributed by atoms with E-state index >= 15 is 0 Å². The van der Waals surface area contributed by atoms with Crippen LogP contribution in [0.5, 0.6) is 0 Å². The van der Waals surface area contributed by atoms with Crippen LogP contribution < -0.4 is 5.32 Å². The molecule has 0 aromatic carbocycles. The first-order valence-corrected chi connectivity index (χ1v) is 4.94. The SMILES string of the molecule is COC(=O)[C@H](O)CC(=O)N[C@@H](CS)C(=O)O. The Morgan fingerprint density at radius 3 is 2.38 bits per heavy atom. The second-order valence-corrected chi connectivity index (χ2v) is 3.25. The number of carboxylic acid groups (broad SMARTS) is 1. The summed E-state index contributed by atoms with van der Waals surface area (Å²) < 4.78 is 4.19. The molecule has 0 saturated heterocycles. The molecular formula is C8H13NO6S. The van der Waals surface area contributed by atoms with Gasteiger partial charge in [-0.25, -0.2) is 9.59 Å². The summed E-state index contributed by atoms with van der Waals surface area (Å²) in [6.45, 7) is 0. The van der Waals surface area contributed by atoms with Gasteiger partial charge in [-0.2, -0.15) is 12.6 Å². The molecule has 0 saturated carbocycles. The Hall–Kier alpha value is -1.28. The molecule has 0 aromatic heterocycles. The minimum Gasteiger partial charge on any atom is -0.480 e. The van der Waals surface area contributed by atoms with Gasteiger partial charge in [0.05, 0.1) is 13.5 Å². The Labute approximate surface area is 97.2 Å². The van der Waals surface area contributed by atoms with Crippen LogP contribution in [0, 0.1) is 0 Å². The molecule has 16 heavy (non-hydrogen) atoms. The van der Waals surface area contributed by atoms with Crippen molar-refractivity contribution < 1.29 is 29.3 Å². The largest absolute Gasteiger partial charge is 0.480 e. The van der Waals surface area contributed by atoms with E-state index in [1.165, 1.54) is 0 Å². The van der Waals surface area contributed by atoms with Crippen LogP contribution in [0.4, 0.5) is 0 Å². The highest BCUT2D eigenvalue weighted by molar-refractivity contribution is 7.80. The number of hydrogen-bond donors (Lipinski definition) is 4. The van der Waals surface area contributed by atoms with Gasteiger partial charge in [-0.15, -0.1) is 0 Å². The predicted molar refractivity (Wildman–Crippen MR) is 56.1 cm³/mol. The number of nitrogens with one attached hydrogen (secondary N) is 1. The van der Waals surface area contributed by atoms with E-state index in [1.54, 1.807) is 0 Å². The van der Waals surface area contributed by atoms with E-state index in [4.69, 9.17) is 10.2 Å². The Bertz CT molecular complexity index is 282. The first kappa shape index (κ1) is 14.7. The summed E-state index contributed by atoms with van der Waals surface area (Å²) in [5, 5.41) is 19.8. The van der Waals surface area contributed by atoms with Gasteiger partial charge in [0.25, 0.3) is 0 Å². The van der Waals surface area contributed by atoms with Gasteiger partial charge < -0.3 is 20.3 Å². The zero-order chi connectivity index (χ0) is 12.7. The molecule has 7 nitrogen and oxygen atoms in total. The fourth-order valence-electron chi connectivity index (χ4n) is 0.834. The highest BCUT2D eigenvalue weighted by atomic mass is 32.1. The van der Waals surface area contributed by atoms with E-state index in [9.17, 15) is 14.4 Å². The number of thiol groups is 1. The Balaban J connectivity index is 4.17. The lowest BCUT2D eigenvalue weighted by atomic mass is 10.2. The van der Waals surface area contributed by atoms with Gasteiger partial charge >= 0.3 is 11.9 Å². The topological polar surface area (TPSA) is 113 Å². The van der Waals surface area contributed by atoms with E-state index < -0.39 is 36.4 Å². The summed E-state index contributed by atoms with van der Waals surface area (Å²) in [7, 11) is 1.07. The van der Waals surface area contributed by atoms with Gasteiger partial charge in [-0.3, -0.25) is 4.79 Å². The summed E-state index contributed by atoms with van der Waals surface area (Å²) in [4.78, 5) is 32.4. The number of amides is 1. The fraction of sp³-hybridized carbons (Fsp3) is 0.625. The minimum absolute atomic E-state index is 0.0879. The number of aliphatic hydroxyl groups excluding tert-OH is 1. The Morgan fingerprint density at radius 1 is 1.44 bits per heavy atom. The number of hydrogen-bond acceptors (Lipinski definition) is 6. The van der Waals surface area contributed by atoms with Gasteiger partial charge in [-0.05, 0) is 0 Å².